The quantitative estimate of drug-likeness (QED) is 0.145. The van der Waals surface area contributed by atoms with Crippen LogP contribution in [0.5, 0.6) is 0 Å². The number of aromatic amines is 1. The molecule has 0 bridgehead atoms. The number of amides is 3. The number of hydrogen-bond acceptors (Lipinski definition) is 6. The minimum Gasteiger partial charge on any atom is -0.393 e. The summed E-state index contributed by atoms with van der Waals surface area (Å²) in [6.45, 7) is 2.62. The van der Waals surface area contributed by atoms with Crippen molar-refractivity contribution >= 4 is 46.7 Å². The summed E-state index contributed by atoms with van der Waals surface area (Å²) >= 11 is 0. The monoisotopic (exact) mass is 658 g/mol. The Morgan fingerprint density at radius 2 is 1.74 bits per heavy atom. The lowest BCUT2D eigenvalue weighted by molar-refractivity contribution is -0.130. The van der Waals surface area contributed by atoms with Gasteiger partial charge in [-0.2, -0.15) is 5.10 Å². The van der Waals surface area contributed by atoms with E-state index in [9.17, 15) is 19.5 Å². The Morgan fingerprint density at radius 1 is 1.00 bits per heavy atom. The summed E-state index contributed by atoms with van der Waals surface area (Å²) in [5.41, 5.74) is 11.8. The maximum Gasteiger partial charge on any atom is 0.251 e. The number of aliphatic hydroxyl groups is 1. The zero-order valence-corrected chi connectivity index (χ0v) is 27.3. The van der Waals surface area contributed by atoms with E-state index in [1.165, 1.54) is 0 Å². The molecular weight excluding hydrogens is 616 g/mol. The van der Waals surface area contributed by atoms with Gasteiger partial charge in [0, 0.05) is 35.0 Å². The number of H-pyrrole nitrogens is 1. The second-order valence-electron chi connectivity index (χ2n) is 12.9. The molecule has 47 heavy (non-hydrogen) atoms. The molecule has 0 spiro atoms. The fourth-order valence-electron chi connectivity index (χ4n) is 6.56. The topological polar surface area (TPSA) is 162 Å². The molecule has 10 nitrogen and oxygen atoms in total. The van der Waals surface area contributed by atoms with E-state index in [-0.39, 0.29) is 48.2 Å². The molecule has 248 valence electrons. The number of carbonyl (C=O) groups is 3. The smallest absolute Gasteiger partial charge is 0.251 e. The Morgan fingerprint density at radius 3 is 2.43 bits per heavy atom. The lowest BCUT2D eigenvalue weighted by atomic mass is 9.81. The molecule has 4 aromatic rings. The number of nitrogens with one attached hydrogen (secondary N) is 4. The van der Waals surface area contributed by atoms with Crippen molar-refractivity contribution in [1.29, 1.82) is 0 Å². The van der Waals surface area contributed by atoms with Crippen molar-refractivity contribution < 1.29 is 19.5 Å². The van der Waals surface area contributed by atoms with Crippen LogP contribution in [0.25, 0.3) is 22.0 Å². The normalized spacial score (nSPS) is 21.2. The Balaban J connectivity index is 0.00000433. The SMILES string of the molecule is Cc1cc(C(=O)NC2CC(O)C2)ccc1-c1ccc(C[C@H](NC(=O)C2CCC(CN)CC2)C(=O)Nc2ccc3cn[nH]c3c2)cc1.Cl. The van der Waals surface area contributed by atoms with Gasteiger partial charge < -0.3 is 26.8 Å². The van der Waals surface area contributed by atoms with Crippen molar-refractivity contribution in [1.82, 2.24) is 20.8 Å². The zero-order chi connectivity index (χ0) is 32.2. The van der Waals surface area contributed by atoms with Gasteiger partial charge in [0.05, 0.1) is 17.8 Å². The lowest BCUT2D eigenvalue weighted by Crippen LogP contribution is -2.48. The van der Waals surface area contributed by atoms with Crippen molar-refractivity contribution in [2.24, 2.45) is 17.6 Å². The summed E-state index contributed by atoms with van der Waals surface area (Å²) in [7, 11) is 0. The number of benzene rings is 3. The summed E-state index contributed by atoms with van der Waals surface area (Å²) in [4.78, 5) is 39.6. The van der Waals surface area contributed by atoms with Gasteiger partial charge in [-0.3, -0.25) is 19.5 Å². The lowest BCUT2D eigenvalue weighted by Gasteiger charge is -2.32. The predicted molar refractivity (Wildman–Crippen MR) is 185 cm³/mol. The van der Waals surface area contributed by atoms with E-state index < -0.39 is 6.04 Å². The maximum absolute atomic E-state index is 13.6. The number of carbonyl (C=O) groups excluding carboxylic acids is 3. The van der Waals surface area contributed by atoms with Gasteiger partial charge in [-0.15, -0.1) is 12.4 Å². The first-order chi connectivity index (χ1) is 22.2. The molecule has 2 aliphatic carbocycles. The van der Waals surface area contributed by atoms with Gasteiger partial charge in [0.25, 0.3) is 5.91 Å². The third-order valence-corrected chi connectivity index (χ3v) is 9.54. The van der Waals surface area contributed by atoms with Gasteiger partial charge >= 0.3 is 0 Å². The number of nitrogens with two attached hydrogens (primary N) is 1. The molecule has 1 heterocycles. The van der Waals surface area contributed by atoms with Gasteiger partial charge in [0.15, 0.2) is 0 Å². The van der Waals surface area contributed by atoms with Gasteiger partial charge in [-0.25, -0.2) is 0 Å². The molecule has 0 radical (unpaired) electrons. The van der Waals surface area contributed by atoms with Crippen LogP contribution in [-0.4, -0.2) is 57.8 Å². The van der Waals surface area contributed by atoms with E-state index in [1.54, 1.807) is 6.20 Å². The van der Waals surface area contributed by atoms with Crippen molar-refractivity contribution in [3.63, 3.8) is 0 Å². The largest absolute Gasteiger partial charge is 0.393 e. The van der Waals surface area contributed by atoms with Gasteiger partial charge in [-0.1, -0.05) is 30.3 Å². The van der Waals surface area contributed by atoms with Crippen LogP contribution >= 0.6 is 12.4 Å². The highest BCUT2D eigenvalue weighted by atomic mass is 35.5. The van der Waals surface area contributed by atoms with Crippen LogP contribution in [0.2, 0.25) is 0 Å². The van der Waals surface area contributed by atoms with E-state index in [1.807, 2.05) is 67.6 Å². The molecule has 1 atom stereocenters. The van der Waals surface area contributed by atoms with Crippen molar-refractivity contribution in [3.05, 3.63) is 83.6 Å². The summed E-state index contributed by atoms with van der Waals surface area (Å²) < 4.78 is 0. The van der Waals surface area contributed by atoms with Gasteiger partial charge in [0.1, 0.15) is 6.04 Å². The molecule has 0 unspecified atom stereocenters. The van der Waals surface area contributed by atoms with E-state index in [4.69, 9.17) is 5.73 Å². The van der Waals surface area contributed by atoms with Crippen molar-refractivity contribution in [2.75, 3.05) is 11.9 Å². The van der Waals surface area contributed by atoms with Crippen LogP contribution in [0.4, 0.5) is 5.69 Å². The summed E-state index contributed by atoms with van der Waals surface area (Å²) in [5.74, 6) is -0.184. The van der Waals surface area contributed by atoms with Crippen molar-refractivity contribution in [3.8, 4) is 11.1 Å². The number of hydrogen-bond donors (Lipinski definition) is 6. The Hall–Kier alpha value is -4.25. The third kappa shape index (κ3) is 8.19. The number of nitrogens with zero attached hydrogens (tertiary/aromatic N) is 1. The molecule has 0 saturated heterocycles. The number of aliphatic hydroxyl groups excluding tert-OH is 1. The van der Waals surface area contributed by atoms with E-state index in [2.05, 4.69) is 26.1 Å². The molecule has 7 N–H and O–H groups in total. The van der Waals surface area contributed by atoms with E-state index >= 15 is 0 Å². The van der Waals surface area contributed by atoms with Gasteiger partial charge in [-0.05, 0) is 110 Å². The molecule has 3 amide bonds. The van der Waals surface area contributed by atoms with Crippen LogP contribution in [-0.2, 0) is 16.0 Å². The van der Waals surface area contributed by atoms with Crippen LogP contribution < -0.4 is 21.7 Å². The number of anilines is 1. The number of aryl methyl sites for hydroxylation is 1. The summed E-state index contributed by atoms with van der Waals surface area (Å²) in [6.07, 6.45) is 6.32. The first-order valence-electron chi connectivity index (χ1n) is 16.2. The van der Waals surface area contributed by atoms with Crippen LogP contribution in [0.3, 0.4) is 0 Å². The predicted octanol–water partition coefficient (Wildman–Crippen LogP) is 4.64. The fourth-order valence-corrected chi connectivity index (χ4v) is 6.56. The molecule has 1 aromatic heterocycles. The number of fused-ring (bicyclic) bond motifs is 1. The second kappa shape index (κ2) is 15.1. The number of rotatable bonds is 10. The fraction of sp³-hybridized carbons (Fsp3) is 0.389. The molecule has 2 fully saturated rings. The molecule has 2 saturated carbocycles. The minimum atomic E-state index is -0.764. The molecular formula is C36H43ClN6O4. The standard InChI is InChI=1S/C36H42N6O4.ClH/c1-21-14-26(35(45)40-29-16-30(43)17-29)11-13-31(21)24-6-2-22(3-7-24)15-33(41-34(44)25-8-4-23(19-37)5-9-25)36(46)39-28-12-10-27-20-38-42-32(27)18-28;/h2-3,6-7,10-14,18,20,23,25,29-30,33,43H,4-5,8-9,15-17,19,37H2,1H3,(H,38,42)(H,39,46)(H,40,45)(H,41,44);1H/t23?,25?,29?,30?,33-;/m0./s1. The Kier molecular flexibility index (Phi) is 11.0. The average Bonchev–Trinajstić information content (AvgIpc) is 3.52. The second-order valence-corrected chi connectivity index (χ2v) is 12.9. The Labute approximate surface area is 280 Å². The van der Waals surface area contributed by atoms with Crippen molar-refractivity contribution in [2.45, 2.75) is 70.1 Å². The highest BCUT2D eigenvalue weighted by Gasteiger charge is 2.30. The van der Waals surface area contributed by atoms with Gasteiger partial charge in [0.2, 0.25) is 11.8 Å². The molecule has 0 aliphatic heterocycles. The Bertz CT molecular complexity index is 1710. The van der Waals surface area contributed by atoms with E-state index in [0.29, 0.717) is 43.0 Å². The highest BCUT2D eigenvalue weighted by Crippen LogP contribution is 2.29. The summed E-state index contributed by atoms with van der Waals surface area (Å²) in [6, 6.07) is 18.4. The number of halogens is 1. The molecule has 2 aliphatic rings. The average molecular weight is 659 g/mol. The molecule has 6 rings (SSSR count). The van der Waals surface area contributed by atoms with E-state index in [0.717, 1.165) is 58.8 Å². The maximum atomic E-state index is 13.6. The molecule has 3 aromatic carbocycles. The highest BCUT2D eigenvalue weighted by molar-refractivity contribution is 5.99. The van der Waals surface area contributed by atoms with Crippen LogP contribution in [0, 0.1) is 18.8 Å². The molecule has 11 heteroatoms. The zero-order valence-electron chi connectivity index (χ0n) is 26.5. The first kappa shape index (κ1) is 34.1. The van der Waals surface area contributed by atoms with Crippen LogP contribution in [0.15, 0.2) is 66.9 Å². The first-order valence-corrected chi connectivity index (χ1v) is 16.2. The minimum absolute atomic E-state index is 0. The van der Waals surface area contributed by atoms with Crippen LogP contribution in [0.1, 0.15) is 60.0 Å². The third-order valence-electron chi connectivity index (χ3n) is 9.54. The summed E-state index contributed by atoms with van der Waals surface area (Å²) in [5, 5.41) is 26.4. The number of aromatic nitrogens is 2.